The Hall–Kier alpha value is -3.30. The van der Waals surface area contributed by atoms with Crippen LogP contribution in [0.15, 0.2) is 60.0 Å². The van der Waals surface area contributed by atoms with Gasteiger partial charge in [0.05, 0.1) is 12.1 Å². The van der Waals surface area contributed by atoms with Crippen LogP contribution in [-0.2, 0) is 16.0 Å². The molecule has 2 unspecified atom stereocenters. The molecular formula is C28H28F2N2O4S. The number of carbonyl (C=O) groups is 2. The molecular weight excluding hydrogens is 498 g/mol. The molecule has 2 aliphatic rings. The van der Waals surface area contributed by atoms with Gasteiger partial charge in [-0.15, -0.1) is 11.3 Å². The van der Waals surface area contributed by atoms with Crippen LogP contribution in [0, 0.1) is 11.6 Å². The lowest BCUT2D eigenvalue weighted by molar-refractivity contribution is -0.135. The smallest absolute Gasteiger partial charge is 0.254 e. The van der Waals surface area contributed by atoms with E-state index in [1.807, 2.05) is 11.4 Å². The highest BCUT2D eigenvalue weighted by atomic mass is 32.1. The summed E-state index contributed by atoms with van der Waals surface area (Å²) < 4.78 is 38.5. The Morgan fingerprint density at radius 2 is 1.78 bits per heavy atom. The van der Waals surface area contributed by atoms with E-state index in [1.54, 1.807) is 28.4 Å². The first-order valence-electron chi connectivity index (χ1n) is 12.4. The highest BCUT2D eigenvalue weighted by Crippen LogP contribution is 2.34. The second-order valence-electron chi connectivity index (χ2n) is 9.24. The van der Waals surface area contributed by atoms with E-state index in [2.05, 4.69) is 0 Å². The van der Waals surface area contributed by atoms with E-state index < -0.39 is 5.82 Å². The largest absolute Gasteiger partial charge is 0.491 e. The number of hydrogen-bond acceptors (Lipinski definition) is 5. The number of amides is 2. The maximum Gasteiger partial charge on any atom is 0.254 e. The maximum atomic E-state index is 13.7. The first kappa shape index (κ1) is 25.4. The summed E-state index contributed by atoms with van der Waals surface area (Å²) in [6.07, 6.45) is 2.31. The van der Waals surface area contributed by atoms with Crippen LogP contribution in [-0.4, -0.2) is 60.6 Å². The molecule has 1 fully saturated rings. The summed E-state index contributed by atoms with van der Waals surface area (Å²) in [6.45, 7) is 1.51. The predicted molar refractivity (Wildman–Crippen MR) is 136 cm³/mol. The fraction of sp³-hybridized carbons (Fsp3) is 0.357. The van der Waals surface area contributed by atoms with Crippen molar-refractivity contribution in [1.82, 2.24) is 9.80 Å². The maximum absolute atomic E-state index is 13.7. The molecule has 0 radical (unpaired) electrons. The van der Waals surface area contributed by atoms with Gasteiger partial charge in [-0.05, 0) is 84.8 Å². The van der Waals surface area contributed by atoms with Gasteiger partial charge in [0.2, 0.25) is 5.91 Å². The Balaban J connectivity index is 1.34. The number of benzene rings is 2. The van der Waals surface area contributed by atoms with Gasteiger partial charge in [0.15, 0.2) is 0 Å². The number of nitrogens with zero attached hydrogens (tertiary/aromatic N) is 2. The minimum atomic E-state index is -0.429. The van der Waals surface area contributed by atoms with E-state index in [4.69, 9.17) is 9.47 Å². The Labute approximate surface area is 218 Å². The van der Waals surface area contributed by atoms with Crippen LogP contribution in [0.25, 0.3) is 0 Å². The lowest BCUT2D eigenvalue weighted by Crippen LogP contribution is -2.49. The molecule has 0 spiro atoms. The Morgan fingerprint density at radius 3 is 2.49 bits per heavy atom. The molecule has 6 nitrogen and oxygen atoms in total. The second kappa shape index (κ2) is 11.4. The second-order valence-corrected chi connectivity index (χ2v) is 10.2. The van der Waals surface area contributed by atoms with Crippen molar-refractivity contribution in [1.29, 1.82) is 0 Å². The van der Waals surface area contributed by atoms with Gasteiger partial charge in [0.25, 0.3) is 5.91 Å². The van der Waals surface area contributed by atoms with Crippen molar-refractivity contribution in [3.8, 4) is 5.75 Å². The molecule has 3 heterocycles. The number of thiophene rings is 1. The summed E-state index contributed by atoms with van der Waals surface area (Å²) >= 11 is 1.65. The normalized spacial score (nSPS) is 18.9. The zero-order valence-electron chi connectivity index (χ0n) is 20.3. The topological polar surface area (TPSA) is 59.1 Å². The molecule has 9 heteroatoms. The molecule has 1 aromatic heterocycles. The molecule has 2 amide bonds. The third-order valence-corrected chi connectivity index (χ3v) is 7.79. The summed E-state index contributed by atoms with van der Waals surface area (Å²) in [6, 6.07) is 12.8. The number of halogens is 2. The fourth-order valence-electron chi connectivity index (χ4n) is 4.86. The van der Waals surface area contributed by atoms with Crippen LogP contribution in [0.1, 0.15) is 39.7 Å². The lowest BCUT2D eigenvalue weighted by atomic mass is 10.00. The zero-order chi connectivity index (χ0) is 25.8. The van der Waals surface area contributed by atoms with Crippen molar-refractivity contribution in [2.24, 2.45) is 0 Å². The van der Waals surface area contributed by atoms with Crippen molar-refractivity contribution in [3.63, 3.8) is 0 Å². The van der Waals surface area contributed by atoms with Crippen molar-refractivity contribution >= 4 is 23.2 Å². The molecule has 0 saturated carbocycles. The summed E-state index contributed by atoms with van der Waals surface area (Å²) in [4.78, 5) is 31.5. The van der Waals surface area contributed by atoms with Crippen LogP contribution in [0.5, 0.6) is 5.75 Å². The Morgan fingerprint density at radius 1 is 1.05 bits per heavy atom. The summed E-state index contributed by atoms with van der Waals surface area (Å²) in [5.74, 6) is -0.793. The monoisotopic (exact) mass is 526 g/mol. The number of hydrogen-bond donors (Lipinski definition) is 0. The molecule has 0 bridgehead atoms. The first-order valence-corrected chi connectivity index (χ1v) is 13.3. The average molecular weight is 527 g/mol. The van der Waals surface area contributed by atoms with Gasteiger partial charge < -0.3 is 19.3 Å². The van der Waals surface area contributed by atoms with Crippen LogP contribution in [0.2, 0.25) is 0 Å². The van der Waals surface area contributed by atoms with Gasteiger partial charge in [-0.3, -0.25) is 9.59 Å². The van der Waals surface area contributed by atoms with Gasteiger partial charge in [0.1, 0.15) is 30.5 Å². The summed E-state index contributed by atoms with van der Waals surface area (Å²) in [5, 5.41) is 2.01. The Kier molecular flexibility index (Phi) is 7.81. The van der Waals surface area contributed by atoms with Crippen molar-refractivity contribution < 1.29 is 27.8 Å². The highest BCUT2D eigenvalue weighted by Gasteiger charge is 2.34. The molecule has 2 aromatic carbocycles. The number of carbonyl (C=O) groups excluding carboxylic acids is 2. The molecule has 2 aliphatic heterocycles. The molecule has 0 N–H and O–H groups in total. The minimum absolute atomic E-state index is 0.122. The predicted octanol–water partition coefficient (Wildman–Crippen LogP) is 4.85. The van der Waals surface area contributed by atoms with E-state index in [-0.39, 0.29) is 49.5 Å². The summed E-state index contributed by atoms with van der Waals surface area (Å²) in [5.41, 5.74) is 1.35. The van der Waals surface area contributed by atoms with Crippen LogP contribution in [0.3, 0.4) is 0 Å². The molecule has 2 atom stereocenters. The third kappa shape index (κ3) is 5.99. The van der Waals surface area contributed by atoms with E-state index in [9.17, 15) is 18.4 Å². The van der Waals surface area contributed by atoms with E-state index in [0.717, 1.165) is 24.8 Å². The average Bonchev–Trinajstić information content (AvgIpc) is 3.60. The van der Waals surface area contributed by atoms with Crippen LogP contribution in [0.4, 0.5) is 8.78 Å². The van der Waals surface area contributed by atoms with Gasteiger partial charge in [-0.25, -0.2) is 8.78 Å². The fourth-order valence-corrected chi connectivity index (χ4v) is 5.79. The van der Waals surface area contributed by atoms with Gasteiger partial charge in [-0.2, -0.15) is 0 Å². The van der Waals surface area contributed by atoms with Crippen LogP contribution < -0.4 is 4.74 Å². The Bertz CT molecular complexity index is 1230. The van der Waals surface area contributed by atoms with Crippen molar-refractivity contribution in [3.05, 3.63) is 87.6 Å². The van der Waals surface area contributed by atoms with Crippen molar-refractivity contribution in [2.45, 2.75) is 31.4 Å². The van der Waals surface area contributed by atoms with Gasteiger partial charge in [-0.1, -0.05) is 0 Å². The number of rotatable bonds is 8. The number of ether oxygens (including phenoxy) is 2. The zero-order valence-corrected chi connectivity index (χ0v) is 21.1. The number of fused-ring (bicyclic) bond motifs is 1. The molecule has 194 valence electrons. The van der Waals surface area contributed by atoms with Crippen LogP contribution >= 0.6 is 11.3 Å². The molecule has 37 heavy (non-hydrogen) atoms. The van der Waals surface area contributed by atoms with E-state index >= 15 is 0 Å². The molecule has 5 rings (SSSR count). The molecule has 3 aromatic rings. The lowest BCUT2D eigenvalue weighted by Gasteiger charge is -2.37. The molecule has 0 aliphatic carbocycles. The van der Waals surface area contributed by atoms with Crippen molar-refractivity contribution in [2.75, 3.05) is 32.8 Å². The minimum Gasteiger partial charge on any atom is -0.491 e. The highest BCUT2D eigenvalue weighted by molar-refractivity contribution is 7.10. The summed E-state index contributed by atoms with van der Waals surface area (Å²) in [7, 11) is 0. The van der Waals surface area contributed by atoms with E-state index in [1.165, 1.54) is 46.2 Å². The SMILES string of the molecule is O=C(c1ccc(F)cc1)N(CC(=O)N1CCc2sccc2C1COc1ccc(F)cc1)CC1CCCO1. The standard InChI is InChI=1S/C28H28F2N2O4S/c29-20-5-3-19(4-6-20)28(34)31(16-23-2-1-14-35-23)17-27(33)32-13-11-26-24(12-15-37-26)25(32)18-36-22-9-7-21(30)8-10-22/h3-10,12,15,23,25H,1-2,11,13-14,16-18H2. The first-order chi connectivity index (χ1) is 18.0. The molecule has 1 saturated heterocycles. The van der Waals surface area contributed by atoms with Gasteiger partial charge >= 0.3 is 0 Å². The van der Waals surface area contributed by atoms with E-state index in [0.29, 0.717) is 24.5 Å². The van der Waals surface area contributed by atoms with Gasteiger partial charge in [0, 0.05) is 30.1 Å². The third-order valence-electron chi connectivity index (χ3n) is 6.79. The quantitative estimate of drug-likeness (QED) is 0.421.